The zero-order valence-corrected chi connectivity index (χ0v) is 11.3. The molecule has 0 aromatic rings. The van der Waals surface area contributed by atoms with Crippen LogP contribution in [0.1, 0.15) is 26.2 Å². The van der Waals surface area contributed by atoms with Crippen molar-refractivity contribution in [1.82, 2.24) is 4.90 Å². The van der Waals surface area contributed by atoms with Crippen molar-refractivity contribution in [2.24, 2.45) is 5.92 Å². The van der Waals surface area contributed by atoms with E-state index in [4.69, 9.17) is 4.74 Å². The Bertz CT molecular complexity index is 301. The molecule has 0 radical (unpaired) electrons. The molecule has 1 saturated heterocycles. The second kappa shape index (κ2) is 5.70. The molecule has 1 aliphatic heterocycles. The van der Waals surface area contributed by atoms with Crippen molar-refractivity contribution < 1.29 is 14.9 Å². The summed E-state index contributed by atoms with van der Waals surface area (Å²) in [7, 11) is 0. The highest BCUT2D eigenvalue weighted by atomic mass is 16.5. The Hall–Kier alpha value is -0.420. The van der Waals surface area contributed by atoms with Crippen LogP contribution in [0.4, 0.5) is 0 Å². The minimum atomic E-state index is -0.955. The first-order valence-electron chi connectivity index (χ1n) is 6.87. The van der Waals surface area contributed by atoms with Crippen LogP contribution in [0.2, 0.25) is 0 Å². The summed E-state index contributed by atoms with van der Waals surface area (Å²) >= 11 is 0. The number of nitrogens with zero attached hydrogens (tertiary/aromatic N) is 1. The zero-order valence-electron chi connectivity index (χ0n) is 11.3. The molecule has 0 spiro atoms. The number of hydrogen-bond acceptors (Lipinski definition) is 4. The molecule has 2 N–H and O–H groups in total. The lowest BCUT2D eigenvalue weighted by Crippen LogP contribution is -2.56. The third-order valence-corrected chi connectivity index (χ3v) is 4.35. The van der Waals surface area contributed by atoms with E-state index >= 15 is 0 Å². The quantitative estimate of drug-likeness (QED) is 0.732. The third kappa shape index (κ3) is 3.12. The van der Waals surface area contributed by atoms with Gasteiger partial charge in [0.25, 0.3) is 0 Å². The second-order valence-electron chi connectivity index (χ2n) is 5.83. The molecule has 2 rings (SSSR count). The van der Waals surface area contributed by atoms with Crippen LogP contribution in [-0.2, 0) is 4.74 Å². The van der Waals surface area contributed by atoms with Crippen molar-refractivity contribution in [3.8, 4) is 0 Å². The Balaban J connectivity index is 1.92. The first kappa shape index (κ1) is 14.0. The van der Waals surface area contributed by atoms with E-state index in [0.717, 1.165) is 38.3 Å². The van der Waals surface area contributed by atoms with Crippen molar-refractivity contribution in [2.75, 3.05) is 32.8 Å². The molecule has 0 amide bonds. The van der Waals surface area contributed by atoms with E-state index in [1.807, 2.05) is 6.92 Å². The van der Waals surface area contributed by atoms with Crippen LogP contribution in [0, 0.1) is 5.92 Å². The van der Waals surface area contributed by atoms with Crippen molar-refractivity contribution in [1.29, 1.82) is 0 Å². The van der Waals surface area contributed by atoms with Crippen LogP contribution in [-0.4, -0.2) is 59.7 Å². The van der Waals surface area contributed by atoms with E-state index in [1.165, 1.54) is 0 Å². The number of hydrogen-bond donors (Lipinski definition) is 2. The Kier molecular flexibility index (Phi) is 4.43. The number of allylic oxidation sites excluding steroid dienone is 1. The maximum absolute atomic E-state index is 10.6. The summed E-state index contributed by atoms with van der Waals surface area (Å²) in [5, 5.41) is 20.9. The van der Waals surface area contributed by atoms with Crippen LogP contribution in [0.15, 0.2) is 12.2 Å². The van der Waals surface area contributed by atoms with Gasteiger partial charge in [-0.05, 0) is 32.1 Å². The Morgan fingerprint density at radius 2 is 2.11 bits per heavy atom. The van der Waals surface area contributed by atoms with Crippen molar-refractivity contribution in [2.45, 2.75) is 37.9 Å². The molecule has 0 aromatic heterocycles. The maximum atomic E-state index is 10.6. The fourth-order valence-electron chi connectivity index (χ4n) is 2.98. The molecule has 2 fully saturated rings. The van der Waals surface area contributed by atoms with Gasteiger partial charge in [0.05, 0.1) is 19.3 Å². The highest BCUT2D eigenvalue weighted by molar-refractivity contribution is 5.04. The molecule has 4 heteroatoms. The number of morpholine rings is 1. The van der Waals surface area contributed by atoms with Gasteiger partial charge in [0, 0.05) is 19.6 Å². The largest absolute Gasteiger partial charge is 0.390 e. The molecule has 2 aliphatic rings. The smallest absolute Gasteiger partial charge is 0.103 e. The molecule has 1 heterocycles. The third-order valence-electron chi connectivity index (χ3n) is 4.35. The molecule has 0 aromatic carbocycles. The van der Waals surface area contributed by atoms with E-state index < -0.39 is 11.7 Å². The van der Waals surface area contributed by atoms with Crippen LogP contribution >= 0.6 is 0 Å². The van der Waals surface area contributed by atoms with Gasteiger partial charge in [-0.2, -0.15) is 0 Å². The van der Waals surface area contributed by atoms with E-state index in [-0.39, 0.29) is 0 Å². The first-order chi connectivity index (χ1) is 8.51. The zero-order chi connectivity index (χ0) is 13.2. The summed E-state index contributed by atoms with van der Waals surface area (Å²) in [4.78, 5) is 2.19. The normalized spacial score (nSPS) is 38.6. The van der Waals surface area contributed by atoms with E-state index in [2.05, 4.69) is 11.5 Å². The standard InChI is InChI=1S/C14H25NO3/c1-11(2)12-3-4-14(17,13(16)9-12)10-15-5-7-18-8-6-15/h12-13,16-17H,1,3-10H2,2H3/t12-,13+,14-/m0/s1. The summed E-state index contributed by atoms with van der Waals surface area (Å²) in [5.74, 6) is 0.352. The maximum Gasteiger partial charge on any atom is 0.103 e. The summed E-state index contributed by atoms with van der Waals surface area (Å²) in [6.07, 6.45) is 1.57. The van der Waals surface area contributed by atoms with Crippen molar-refractivity contribution in [3.05, 3.63) is 12.2 Å². The Morgan fingerprint density at radius 3 is 2.67 bits per heavy atom. The molecule has 0 bridgehead atoms. The molecule has 18 heavy (non-hydrogen) atoms. The van der Waals surface area contributed by atoms with Gasteiger partial charge < -0.3 is 14.9 Å². The number of β-amino-alcohol motifs (C(OH)–C–C–N with tert-alkyl or cyclic N) is 1. The molecule has 1 aliphatic carbocycles. The number of rotatable bonds is 3. The van der Waals surface area contributed by atoms with Gasteiger partial charge in [0.2, 0.25) is 0 Å². The second-order valence-corrected chi connectivity index (χ2v) is 5.83. The first-order valence-corrected chi connectivity index (χ1v) is 6.87. The predicted octanol–water partition coefficient (Wildman–Crippen LogP) is 0.787. The summed E-state index contributed by atoms with van der Waals surface area (Å²) in [5.41, 5.74) is 0.158. The molecule has 0 unspecified atom stereocenters. The number of aliphatic hydroxyl groups excluding tert-OH is 1. The van der Waals surface area contributed by atoms with Crippen molar-refractivity contribution in [3.63, 3.8) is 0 Å². The highest BCUT2D eigenvalue weighted by Gasteiger charge is 2.42. The summed E-state index contributed by atoms with van der Waals surface area (Å²) in [6, 6.07) is 0. The minimum absolute atomic E-state index is 0.352. The number of aliphatic hydroxyl groups is 2. The Morgan fingerprint density at radius 1 is 1.44 bits per heavy atom. The topological polar surface area (TPSA) is 52.9 Å². The van der Waals surface area contributed by atoms with E-state index in [1.54, 1.807) is 0 Å². The van der Waals surface area contributed by atoms with Crippen LogP contribution in [0.3, 0.4) is 0 Å². The van der Waals surface area contributed by atoms with Gasteiger partial charge in [0.15, 0.2) is 0 Å². The lowest BCUT2D eigenvalue weighted by Gasteiger charge is -2.43. The minimum Gasteiger partial charge on any atom is -0.390 e. The SMILES string of the molecule is C=C(C)[C@H]1CC[C@](O)(CN2CCOCC2)[C@H](O)C1. The fraction of sp³-hybridized carbons (Fsp3) is 0.857. The van der Waals surface area contributed by atoms with Gasteiger partial charge in [-0.15, -0.1) is 0 Å². The summed E-state index contributed by atoms with van der Waals surface area (Å²) in [6.45, 7) is 9.65. The predicted molar refractivity (Wildman–Crippen MR) is 70.4 cm³/mol. The molecular weight excluding hydrogens is 230 g/mol. The van der Waals surface area contributed by atoms with Crippen molar-refractivity contribution >= 4 is 0 Å². The van der Waals surface area contributed by atoms with Gasteiger partial charge in [0.1, 0.15) is 5.60 Å². The van der Waals surface area contributed by atoms with Gasteiger partial charge in [-0.1, -0.05) is 12.2 Å². The molecular formula is C14H25NO3. The monoisotopic (exact) mass is 255 g/mol. The molecule has 104 valence electrons. The average molecular weight is 255 g/mol. The van der Waals surface area contributed by atoms with E-state index in [0.29, 0.717) is 25.3 Å². The number of ether oxygens (including phenoxy) is 1. The Labute approximate surface area is 109 Å². The average Bonchev–Trinajstić information content (AvgIpc) is 2.34. The van der Waals surface area contributed by atoms with Crippen LogP contribution in [0.5, 0.6) is 0 Å². The molecule has 1 saturated carbocycles. The van der Waals surface area contributed by atoms with Gasteiger partial charge in [-0.3, -0.25) is 4.90 Å². The van der Waals surface area contributed by atoms with Gasteiger partial charge >= 0.3 is 0 Å². The van der Waals surface area contributed by atoms with Crippen LogP contribution < -0.4 is 0 Å². The lowest BCUT2D eigenvalue weighted by molar-refractivity contribution is -0.129. The van der Waals surface area contributed by atoms with Gasteiger partial charge in [-0.25, -0.2) is 0 Å². The molecule has 4 nitrogen and oxygen atoms in total. The van der Waals surface area contributed by atoms with E-state index in [9.17, 15) is 10.2 Å². The highest BCUT2D eigenvalue weighted by Crippen LogP contribution is 2.36. The van der Waals surface area contributed by atoms with Crippen LogP contribution in [0.25, 0.3) is 0 Å². The molecule has 3 atom stereocenters. The lowest BCUT2D eigenvalue weighted by atomic mass is 9.74. The fourth-order valence-corrected chi connectivity index (χ4v) is 2.98. The summed E-state index contributed by atoms with van der Waals surface area (Å²) < 4.78 is 5.30.